The molecule has 0 atom stereocenters. The van der Waals surface area contributed by atoms with E-state index in [1.807, 2.05) is 55.4 Å². The van der Waals surface area contributed by atoms with Gasteiger partial charge in [-0.1, -0.05) is 18.2 Å². The average molecular weight is 267 g/mol. The highest BCUT2D eigenvalue weighted by atomic mass is 16.5. The number of nitrogen functional groups attached to an aromatic ring is 1. The van der Waals surface area contributed by atoms with Crippen molar-refractivity contribution in [3.63, 3.8) is 0 Å². The number of hydrogen-bond acceptors (Lipinski definition) is 4. The largest absolute Gasteiger partial charge is 0.487 e. The molecule has 0 unspecified atom stereocenters. The quantitative estimate of drug-likeness (QED) is 0.865. The van der Waals surface area contributed by atoms with Crippen LogP contribution in [0.1, 0.15) is 11.1 Å². The SMILES string of the molecule is CN(C)c1ccc(N)c(OCc2ccccc2C#N)c1. The number of rotatable bonds is 4. The van der Waals surface area contributed by atoms with Gasteiger partial charge < -0.3 is 15.4 Å². The van der Waals surface area contributed by atoms with E-state index in [0.29, 0.717) is 23.6 Å². The molecule has 0 aliphatic carbocycles. The van der Waals surface area contributed by atoms with Crippen LogP contribution in [-0.4, -0.2) is 14.1 Å². The predicted molar refractivity (Wildman–Crippen MR) is 80.7 cm³/mol. The fourth-order valence-corrected chi connectivity index (χ4v) is 1.84. The van der Waals surface area contributed by atoms with Gasteiger partial charge in [-0.15, -0.1) is 0 Å². The first-order valence-corrected chi connectivity index (χ1v) is 6.29. The first-order chi connectivity index (χ1) is 9.61. The molecule has 4 nitrogen and oxygen atoms in total. The molecule has 0 fully saturated rings. The molecular weight excluding hydrogens is 250 g/mol. The van der Waals surface area contributed by atoms with Crippen LogP contribution in [0.15, 0.2) is 42.5 Å². The molecule has 2 aromatic rings. The molecule has 0 saturated heterocycles. The molecule has 0 amide bonds. The van der Waals surface area contributed by atoms with Gasteiger partial charge in [0.15, 0.2) is 0 Å². The Morgan fingerprint density at radius 2 is 1.95 bits per heavy atom. The lowest BCUT2D eigenvalue weighted by Gasteiger charge is -2.16. The van der Waals surface area contributed by atoms with Crippen LogP contribution in [0.4, 0.5) is 11.4 Å². The van der Waals surface area contributed by atoms with Crippen LogP contribution in [0.3, 0.4) is 0 Å². The summed E-state index contributed by atoms with van der Waals surface area (Å²) in [7, 11) is 3.92. The second-order valence-corrected chi connectivity index (χ2v) is 4.67. The molecule has 0 bridgehead atoms. The van der Waals surface area contributed by atoms with Crippen molar-refractivity contribution in [3.05, 3.63) is 53.6 Å². The molecule has 2 aromatic carbocycles. The van der Waals surface area contributed by atoms with Crippen LogP contribution >= 0.6 is 0 Å². The van der Waals surface area contributed by atoms with Gasteiger partial charge in [-0.3, -0.25) is 0 Å². The van der Waals surface area contributed by atoms with Crippen LogP contribution in [0.2, 0.25) is 0 Å². The third kappa shape index (κ3) is 3.01. The van der Waals surface area contributed by atoms with Crippen molar-refractivity contribution >= 4 is 11.4 Å². The van der Waals surface area contributed by atoms with Gasteiger partial charge in [0.25, 0.3) is 0 Å². The van der Waals surface area contributed by atoms with E-state index in [1.54, 1.807) is 6.07 Å². The van der Waals surface area contributed by atoms with E-state index in [1.165, 1.54) is 0 Å². The summed E-state index contributed by atoms with van der Waals surface area (Å²) in [5.74, 6) is 0.629. The molecule has 0 heterocycles. The summed E-state index contributed by atoms with van der Waals surface area (Å²) in [6, 6.07) is 15.2. The van der Waals surface area contributed by atoms with Crippen LogP contribution in [-0.2, 0) is 6.61 Å². The van der Waals surface area contributed by atoms with E-state index >= 15 is 0 Å². The van der Waals surface area contributed by atoms with Gasteiger partial charge in [0.1, 0.15) is 12.4 Å². The summed E-state index contributed by atoms with van der Waals surface area (Å²) in [6.45, 7) is 0.324. The topological polar surface area (TPSA) is 62.3 Å². The van der Waals surface area contributed by atoms with Crippen molar-refractivity contribution in [1.29, 1.82) is 5.26 Å². The lowest BCUT2D eigenvalue weighted by molar-refractivity contribution is 0.307. The Labute approximate surface area is 119 Å². The number of nitriles is 1. The summed E-state index contributed by atoms with van der Waals surface area (Å²) in [5.41, 5.74) is 8.99. The van der Waals surface area contributed by atoms with Gasteiger partial charge >= 0.3 is 0 Å². The predicted octanol–water partition coefficient (Wildman–Crippen LogP) is 2.79. The van der Waals surface area contributed by atoms with E-state index < -0.39 is 0 Å². The minimum atomic E-state index is 0.324. The van der Waals surface area contributed by atoms with Crippen molar-refractivity contribution in [2.75, 3.05) is 24.7 Å². The summed E-state index contributed by atoms with van der Waals surface area (Å²) in [4.78, 5) is 1.98. The normalized spacial score (nSPS) is 9.85. The number of anilines is 2. The number of ether oxygens (including phenoxy) is 1. The molecule has 2 N–H and O–H groups in total. The molecule has 102 valence electrons. The highest BCUT2D eigenvalue weighted by Crippen LogP contribution is 2.27. The number of benzene rings is 2. The minimum absolute atomic E-state index is 0.324. The summed E-state index contributed by atoms with van der Waals surface area (Å²) in [6.07, 6.45) is 0. The Bertz CT molecular complexity index is 644. The van der Waals surface area contributed by atoms with Gasteiger partial charge in [-0.05, 0) is 18.2 Å². The van der Waals surface area contributed by atoms with Crippen molar-refractivity contribution < 1.29 is 4.74 Å². The lowest BCUT2D eigenvalue weighted by Crippen LogP contribution is -2.09. The second kappa shape index (κ2) is 5.98. The summed E-state index contributed by atoms with van der Waals surface area (Å²) >= 11 is 0. The smallest absolute Gasteiger partial charge is 0.144 e. The number of nitrogens with zero attached hydrogens (tertiary/aromatic N) is 2. The van der Waals surface area contributed by atoms with E-state index in [0.717, 1.165) is 11.3 Å². The minimum Gasteiger partial charge on any atom is -0.487 e. The standard InChI is InChI=1S/C16H17N3O/c1-19(2)14-7-8-15(18)16(9-14)20-11-13-6-4-3-5-12(13)10-17/h3-9H,11,18H2,1-2H3. The number of hydrogen-bond donors (Lipinski definition) is 1. The van der Waals surface area contributed by atoms with Gasteiger partial charge in [0.05, 0.1) is 17.3 Å². The lowest BCUT2D eigenvalue weighted by atomic mass is 10.1. The molecule has 2 rings (SSSR count). The van der Waals surface area contributed by atoms with Crippen molar-refractivity contribution in [1.82, 2.24) is 0 Å². The fraction of sp³-hybridized carbons (Fsp3) is 0.188. The van der Waals surface area contributed by atoms with Crippen molar-refractivity contribution in [2.24, 2.45) is 0 Å². The zero-order valence-corrected chi connectivity index (χ0v) is 11.6. The molecule has 4 heteroatoms. The van der Waals surface area contributed by atoms with Gasteiger partial charge in [-0.25, -0.2) is 0 Å². The fourth-order valence-electron chi connectivity index (χ4n) is 1.84. The molecule has 0 saturated carbocycles. The Morgan fingerprint density at radius 1 is 1.20 bits per heavy atom. The Hall–Kier alpha value is -2.67. The van der Waals surface area contributed by atoms with E-state index in [9.17, 15) is 0 Å². The summed E-state index contributed by atoms with van der Waals surface area (Å²) < 4.78 is 5.75. The monoisotopic (exact) mass is 267 g/mol. The zero-order chi connectivity index (χ0) is 14.5. The third-order valence-electron chi connectivity index (χ3n) is 3.03. The van der Waals surface area contributed by atoms with Crippen molar-refractivity contribution in [2.45, 2.75) is 6.61 Å². The highest BCUT2D eigenvalue weighted by Gasteiger charge is 2.06. The molecule has 0 aliphatic heterocycles. The molecule has 20 heavy (non-hydrogen) atoms. The Morgan fingerprint density at radius 3 is 2.65 bits per heavy atom. The highest BCUT2D eigenvalue weighted by molar-refractivity contribution is 5.62. The van der Waals surface area contributed by atoms with Gasteiger partial charge in [0.2, 0.25) is 0 Å². The maximum atomic E-state index is 9.05. The second-order valence-electron chi connectivity index (χ2n) is 4.67. The molecular formula is C16H17N3O. The van der Waals surface area contributed by atoms with E-state index in [-0.39, 0.29) is 0 Å². The van der Waals surface area contributed by atoms with Crippen LogP contribution < -0.4 is 15.4 Å². The van der Waals surface area contributed by atoms with Crippen molar-refractivity contribution in [3.8, 4) is 11.8 Å². The maximum absolute atomic E-state index is 9.05. The first kappa shape index (κ1) is 13.8. The molecule has 0 spiro atoms. The average Bonchev–Trinajstić information content (AvgIpc) is 2.46. The molecule has 0 radical (unpaired) electrons. The molecule has 0 aliphatic rings. The Balaban J connectivity index is 2.19. The van der Waals surface area contributed by atoms with Gasteiger partial charge in [0, 0.05) is 31.4 Å². The summed E-state index contributed by atoms with van der Waals surface area (Å²) in [5, 5.41) is 9.05. The van der Waals surface area contributed by atoms with Gasteiger partial charge in [-0.2, -0.15) is 5.26 Å². The maximum Gasteiger partial charge on any atom is 0.144 e. The number of nitrogens with two attached hydrogens (primary N) is 1. The van der Waals surface area contributed by atoms with Crippen LogP contribution in [0.5, 0.6) is 5.75 Å². The third-order valence-corrected chi connectivity index (χ3v) is 3.03. The van der Waals surface area contributed by atoms with E-state index in [4.69, 9.17) is 15.7 Å². The first-order valence-electron chi connectivity index (χ1n) is 6.29. The zero-order valence-electron chi connectivity index (χ0n) is 11.6. The van der Waals surface area contributed by atoms with Crippen LogP contribution in [0, 0.1) is 11.3 Å². The van der Waals surface area contributed by atoms with E-state index in [2.05, 4.69) is 6.07 Å². The Kier molecular flexibility index (Phi) is 4.11. The molecule has 0 aromatic heterocycles. The van der Waals surface area contributed by atoms with Crippen LogP contribution in [0.25, 0.3) is 0 Å².